The van der Waals surface area contributed by atoms with E-state index in [0.717, 1.165) is 12.1 Å². The second-order valence-corrected chi connectivity index (χ2v) is 10.3. The fourth-order valence-electron chi connectivity index (χ4n) is 4.37. The molecule has 1 aliphatic rings. The van der Waals surface area contributed by atoms with Crippen molar-refractivity contribution in [3.05, 3.63) is 76.9 Å². The van der Waals surface area contributed by atoms with Gasteiger partial charge in [0.25, 0.3) is 0 Å². The van der Waals surface area contributed by atoms with Crippen LogP contribution in [-0.2, 0) is 36.5 Å². The van der Waals surface area contributed by atoms with E-state index < -0.39 is 67.2 Å². The van der Waals surface area contributed by atoms with E-state index in [-0.39, 0.29) is 25.2 Å². The summed E-state index contributed by atoms with van der Waals surface area (Å²) in [5, 5.41) is 6.43. The summed E-state index contributed by atoms with van der Waals surface area (Å²) in [5.41, 5.74) is -5.26. The maximum absolute atomic E-state index is 13.8. The van der Waals surface area contributed by atoms with Crippen LogP contribution in [0.15, 0.2) is 48.8 Å². The molecule has 0 radical (unpaired) electrons. The lowest BCUT2D eigenvalue weighted by Crippen LogP contribution is -2.60. The van der Waals surface area contributed by atoms with Crippen molar-refractivity contribution in [2.24, 2.45) is 0 Å². The number of rotatable bonds is 8. The quantitative estimate of drug-likeness (QED) is 0.239. The van der Waals surface area contributed by atoms with Gasteiger partial charge in [0.15, 0.2) is 6.29 Å². The summed E-state index contributed by atoms with van der Waals surface area (Å²) >= 11 is 0. The molecular formula is C23H22F7N4O6P. The monoisotopic (exact) mass is 614 g/mol. The molecule has 2 aromatic carbocycles. The van der Waals surface area contributed by atoms with Crippen LogP contribution in [0.2, 0.25) is 0 Å². The summed E-state index contributed by atoms with van der Waals surface area (Å²) in [7, 11) is -5.27. The lowest BCUT2D eigenvalue weighted by Gasteiger charge is -2.50. The third kappa shape index (κ3) is 7.05. The maximum atomic E-state index is 13.8. The normalized spacial score (nSPS) is 21.2. The summed E-state index contributed by atoms with van der Waals surface area (Å²) in [6, 6.07) is 5.55. The van der Waals surface area contributed by atoms with Crippen LogP contribution in [0, 0.1) is 5.82 Å². The molecule has 1 fully saturated rings. The van der Waals surface area contributed by atoms with Crippen LogP contribution in [0.4, 0.5) is 36.7 Å². The Kier molecular flexibility index (Phi) is 8.51. The van der Waals surface area contributed by atoms with Gasteiger partial charge < -0.3 is 24.2 Å². The molecule has 1 aliphatic heterocycles. The largest absolute Gasteiger partial charge is 0.469 e. The first-order chi connectivity index (χ1) is 19.0. The van der Waals surface area contributed by atoms with Crippen LogP contribution in [0.5, 0.6) is 0 Å². The van der Waals surface area contributed by atoms with Gasteiger partial charge in [-0.05, 0) is 48.4 Å². The summed E-state index contributed by atoms with van der Waals surface area (Å²) in [4.78, 5) is 24.2. The number of nitrogens with one attached hydrogen (secondary N) is 1. The van der Waals surface area contributed by atoms with E-state index in [9.17, 15) is 45.1 Å². The molecule has 0 saturated carbocycles. The Balaban J connectivity index is 1.83. The molecule has 0 aliphatic carbocycles. The second kappa shape index (κ2) is 11.3. The number of morpholine rings is 1. The van der Waals surface area contributed by atoms with Gasteiger partial charge in [0.2, 0.25) is 5.95 Å². The molecule has 0 spiro atoms. The van der Waals surface area contributed by atoms with Crippen molar-refractivity contribution in [1.82, 2.24) is 15.2 Å². The number of phosphoric acid groups is 1. The first kappa shape index (κ1) is 30.9. The van der Waals surface area contributed by atoms with E-state index in [1.54, 1.807) is 4.90 Å². The van der Waals surface area contributed by atoms with Crippen LogP contribution in [0.1, 0.15) is 35.3 Å². The average molecular weight is 614 g/mol. The number of benzene rings is 2. The molecule has 224 valence electrons. The number of ether oxygens (including phenoxy) is 2. The first-order valence-corrected chi connectivity index (χ1v) is 13.2. The van der Waals surface area contributed by atoms with Crippen molar-refractivity contribution >= 4 is 13.8 Å². The van der Waals surface area contributed by atoms with Gasteiger partial charge in [-0.3, -0.25) is 4.52 Å². The highest BCUT2D eigenvalue weighted by Crippen LogP contribution is 2.44. The fourth-order valence-corrected chi connectivity index (χ4v) is 4.70. The summed E-state index contributed by atoms with van der Waals surface area (Å²) in [6.45, 7) is 0.407. The van der Waals surface area contributed by atoms with Gasteiger partial charge in [0.1, 0.15) is 23.8 Å². The Hall–Kier alpha value is -3.08. The number of nitrogens with zero attached hydrogens (tertiary/aromatic N) is 3. The minimum Gasteiger partial charge on any atom is -0.348 e. The zero-order chi connectivity index (χ0) is 30.2. The maximum Gasteiger partial charge on any atom is 0.469 e. The van der Waals surface area contributed by atoms with Crippen molar-refractivity contribution in [3.63, 3.8) is 0 Å². The second-order valence-electron chi connectivity index (χ2n) is 9.07. The molecule has 3 N–H and O–H groups in total. The van der Waals surface area contributed by atoms with Gasteiger partial charge >= 0.3 is 20.2 Å². The molecule has 1 saturated heterocycles. The van der Waals surface area contributed by atoms with Crippen molar-refractivity contribution in [3.8, 4) is 0 Å². The number of aromatic amines is 1. The number of alkyl halides is 6. The van der Waals surface area contributed by atoms with Crippen molar-refractivity contribution in [2.75, 3.05) is 24.7 Å². The minimum atomic E-state index is -5.27. The smallest absolute Gasteiger partial charge is 0.348 e. The lowest BCUT2D eigenvalue weighted by atomic mass is 9.87. The number of hydrogen-bond acceptors (Lipinski definition) is 7. The molecule has 0 bridgehead atoms. The molecule has 2 heterocycles. The van der Waals surface area contributed by atoms with E-state index >= 15 is 0 Å². The first-order valence-electron chi connectivity index (χ1n) is 11.6. The number of H-pyrrole nitrogens is 1. The van der Waals surface area contributed by atoms with Crippen molar-refractivity contribution in [2.45, 2.75) is 37.2 Å². The molecular weight excluding hydrogens is 592 g/mol. The highest BCUT2D eigenvalue weighted by Gasteiger charge is 2.49. The molecule has 1 aromatic heterocycles. The number of phosphoric ester groups is 1. The topological polar surface area (TPSA) is 130 Å². The predicted octanol–water partition coefficient (Wildman–Crippen LogP) is 4.93. The zero-order valence-electron chi connectivity index (χ0n) is 20.9. The van der Waals surface area contributed by atoms with E-state index in [4.69, 9.17) is 9.47 Å². The SMILES string of the molecule is C[C@]1(c2ccc(F)cc2)[C@@H](O[C@H](COP(=O)(O)O)c2cc(C(F)(F)F)cc(C(F)(F)F)c2)OCCN1c1ncn[nH]1. The van der Waals surface area contributed by atoms with Crippen LogP contribution in [-0.4, -0.2) is 51.0 Å². The molecule has 3 atom stereocenters. The van der Waals surface area contributed by atoms with Gasteiger partial charge in [-0.2, -0.15) is 36.4 Å². The van der Waals surface area contributed by atoms with Gasteiger partial charge in [0.05, 0.1) is 24.3 Å². The molecule has 4 rings (SSSR count). The van der Waals surface area contributed by atoms with Gasteiger partial charge in [0, 0.05) is 6.54 Å². The van der Waals surface area contributed by atoms with Crippen LogP contribution >= 0.6 is 7.82 Å². The van der Waals surface area contributed by atoms with E-state index in [2.05, 4.69) is 19.7 Å². The number of anilines is 1. The Morgan fingerprint density at radius 3 is 2.24 bits per heavy atom. The lowest BCUT2D eigenvalue weighted by molar-refractivity contribution is -0.225. The molecule has 18 heteroatoms. The highest BCUT2D eigenvalue weighted by atomic mass is 31.2. The van der Waals surface area contributed by atoms with Crippen LogP contribution in [0.3, 0.4) is 0 Å². The van der Waals surface area contributed by atoms with E-state index in [0.29, 0.717) is 17.7 Å². The molecule has 0 amide bonds. The van der Waals surface area contributed by atoms with Crippen LogP contribution in [0.25, 0.3) is 0 Å². The fraction of sp³-hybridized carbons (Fsp3) is 0.391. The molecule has 3 aromatic rings. The number of halogens is 7. The summed E-state index contributed by atoms with van der Waals surface area (Å²) < 4.78 is 123. The average Bonchev–Trinajstić information content (AvgIpc) is 3.40. The minimum absolute atomic E-state index is 0.0926. The van der Waals surface area contributed by atoms with Crippen LogP contribution < -0.4 is 4.90 Å². The molecule has 41 heavy (non-hydrogen) atoms. The Labute approximate surface area is 227 Å². The Morgan fingerprint density at radius 1 is 1.12 bits per heavy atom. The van der Waals surface area contributed by atoms with Crippen molar-refractivity contribution < 1.29 is 59.1 Å². The van der Waals surface area contributed by atoms with Crippen molar-refractivity contribution in [1.29, 1.82) is 0 Å². The summed E-state index contributed by atoms with van der Waals surface area (Å²) in [5.74, 6) is -0.426. The Morgan fingerprint density at radius 2 is 1.73 bits per heavy atom. The van der Waals surface area contributed by atoms with Gasteiger partial charge in [-0.1, -0.05) is 12.1 Å². The standard InChI is InChI=1S/C23H22F7N4O6P/c1-21(14-2-4-17(24)5-3-14)19(38-7-6-34(21)20-31-12-32-33-20)40-18(11-39-41(35,36)37)13-8-15(22(25,26)27)10-16(9-13)23(28,29)30/h2-5,8-10,12,18-19H,6-7,11H2,1H3,(H,31,32,33)(H2,35,36,37)/t18-,19-,21+/m1/s1. The third-order valence-electron chi connectivity index (χ3n) is 6.35. The third-order valence-corrected chi connectivity index (χ3v) is 6.84. The number of hydrogen-bond donors (Lipinski definition) is 3. The Bertz CT molecular complexity index is 1350. The zero-order valence-corrected chi connectivity index (χ0v) is 21.8. The molecule has 0 unspecified atom stereocenters. The summed E-state index contributed by atoms with van der Waals surface area (Å²) in [6.07, 6.45) is -12.7. The molecule has 10 nitrogen and oxygen atoms in total. The van der Waals surface area contributed by atoms with E-state index in [1.807, 2.05) is 0 Å². The van der Waals surface area contributed by atoms with E-state index in [1.165, 1.54) is 25.4 Å². The predicted molar refractivity (Wildman–Crippen MR) is 125 cm³/mol. The highest BCUT2D eigenvalue weighted by molar-refractivity contribution is 7.46. The van der Waals surface area contributed by atoms with Gasteiger partial charge in [-0.25, -0.2) is 14.1 Å². The van der Waals surface area contributed by atoms with Gasteiger partial charge in [-0.15, -0.1) is 0 Å². The number of aromatic nitrogens is 3.